The van der Waals surface area contributed by atoms with Gasteiger partial charge in [0.2, 0.25) is 0 Å². The Morgan fingerprint density at radius 2 is 0.451 bits per heavy atom. The largest absolute Gasteiger partial charge is 0.310 e. The lowest BCUT2D eigenvalue weighted by Crippen LogP contribution is -2.29. The first-order chi connectivity index (χ1) is 65.5. The number of halogens is 2. The highest BCUT2D eigenvalue weighted by Crippen LogP contribution is 2.61. The molecule has 0 bridgehead atoms. The van der Waals surface area contributed by atoms with Gasteiger partial charge in [-0.2, -0.15) is 0 Å². The van der Waals surface area contributed by atoms with E-state index in [1.807, 2.05) is 0 Å². The molecule has 0 radical (unpaired) electrons. The van der Waals surface area contributed by atoms with Crippen molar-refractivity contribution in [2.24, 2.45) is 0 Å². The summed E-state index contributed by atoms with van der Waals surface area (Å²) in [6.07, 6.45) is 0.932. The number of hydrogen-bond donors (Lipinski definition) is 0. The summed E-state index contributed by atoms with van der Waals surface area (Å²) in [5, 5.41) is 15.2. The molecule has 0 amide bonds. The Morgan fingerprint density at radius 1 is 0.195 bits per heavy atom. The molecule has 2 nitrogen and oxygen atoms in total. The molecule has 3 aliphatic carbocycles. The summed E-state index contributed by atoms with van der Waals surface area (Å²) in [7, 11) is 0. The molecule has 3 aliphatic rings. The molecule has 23 aromatic carbocycles. The number of hydrogen-bond acceptors (Lipinski definition) is 2. The third-order valence-electron chi connectivity index (χ3n) is 28.7. The minimum absolute atomic E-state index is 0.326. The minimum Gasteiger partial charge on any atom is -0.310 e. The van der Waals surface area contributed by atoms with E-state index in [1.165, 1.54) is 193 Å². The topological polar surface area (TPSA) is 6.48 Å². The average molecular weight is 1830 g/mol. The smallest absolute Gasteiger partial charge is 0.0714 e. The summed E-state index contributed by atoms with van der Waals surface area (Å²) < 4.78 is 2.31. The fourth-order valence-corrected chi connectivity index (χ4v) is 23.8. The molecule has 0 spiro atoms. The van der Waals surface area contributed by atoms with Gasteiger partial charge in [0.05, 0.1) is 27.6 Å². The van der Waals surface area contributed by atoms with Crippen LogP contribution in [0, 0.1) is 20.8 Å². The van der Waals surface area contributed by atoms with Crippen LogP contribution in [0.2, 0.25) is 0 Å². The van der Waals surface area contributed by atoms with E-state index in [0.717, 1.165) is 49.5 Å². The van der Waals surface area contributed by atoms with Gasteiger partial charge in [-0.25, -0.2) is 0 Å². The van der Waals surface area contributed by atoms with E-state index in [4.69, 9.17) is 0 Å². The van der Waals surface area contributed by atoms with Crippen LogP contribution in [-0.4, -0.2) is 0 Å². The van der Waals surface area contributed by atoms with E-state index >= 15 is 0 Å². The highest BCUT2D eigenvalue weighted by atomic mass is 79.9. The van der Waals surface area contributed by atoms with Crippen molar-refractivity contribution in [2.75, 3.05) is 9.80 Å². The molecule has 4 heteroatoms. The van der Waals surface area contributed by atoms with Gasteiger partial charge >= 0.3 is 0 Å². The molecule has 0 heterocycles. The van der Waals surface area contributed by atoms with Crippen molar-refractivity contribution in [3.05, 3.63) is 583 Å². The van der Waals surface area contributed by atoms with Crippen LogP contribution in [0.25, 0.3) is 98.0 Å². The van der Waals surface area contributed by atoms with E-state index < -0.39 is 10.8 Å². The van der Waals surface area contributed by atoms with Crippen LogP contribution in [0.4, 0.5) is 34.1 Å². The number of fused-ring (bicyclic) bond motifs is 9. The normalized spacial score (nSPS) is 13.2. The molecule has 0 unspecified atom stereocenters. The maximum absolute atomic E-state index is 3.65. The van der Waals surface area contributed by atoms with Gasteiger partial charge in [-0.3, -0.25) is 0 Å². The number of aryl methyl sites for hydroxylation is 3. The molecule has 0 aliphatic heterocycles. The molecule has 133 heavy (non-hydrogen) atoms. The minimum atomic E-state index is -0.546. The number of anilines is 6. The third kappa shape index (κ3) is 13.1. The molecular weight excluding hydrogens is 1740 g/mol. The average Bonchev–Trinajstić information content (AvgIpc) is 1.58. The van der Waals surface area contributed by atoms with Gasteiger partial charge in [-0.1, -0.05) is 455 Å². The Hall–Kier alpha value is -15.3. The van der Waals surface area contributed by atoms with Crippen LogP contribution in [0.5, 0.6) is 0 Å². The van der Waals surface area contributed by atoms with Crippen LogP contribution in [0.3, 0.4) is 0 Å². The van der Waals surface area contributed by atoms with Crippen LogP contribution in [0.1, 0.15) is 94.6 Å². The van der Waals surface area contributed by atoms with Crippen molar-refractivity contribution >= 4 is 131 Å². The van der Waals surface area contributed by atoms with Crippen LogP contribution < -0.4 is 9.80 Å². The van der Waals surface area contributed by atoms with Crippen molar-refractivity contribution < 1.29 is 0 Å². The van der Waals surface area contributed by atoms with Crippen molar-refractivity contribution in [1.29, 1.82) is 0 Å². The number of rotatable bonds is 14. The second-order valence-electron chi connectivity index (χ2n) is 36.0. The summed E-state index contributed by atoms with van der Waals surface area (Å²) in [4.78, 5) is 4.97. The fourth-order valence-electron chi connectivity index (χ4n) is 22.9. The second-order valence-corrected chi connectivity index (χ2v) is 37.7. The molecule has 23 aromatic rings. The molecule has 0 atom stereocenters. The summed E-state index contributed by atoms with van der Waals surface area (Å²) in [6.45, 7) is 6.52. The predicted molar refractivity (Wildman–Crippen MR) is 567 cm³/mol. The quantitative estimate of drug-likeness (QED) is 0.100. The molecule has 0 saturated carbocycles. The van der Waals surface area contributed by atoms with E-state index in [1.54, 1.807) is 0 Å². The predicted octanol–water partition coefficient (Wildman–Crippen LogP) is 34.9. The van der Waals surface area contributed by atoms with Gasteiger partial charge in [-0.05, 0) is 265 Å². The lowest BCUT2D eigenvalue weighted by Gasteiger charge is -2.35. The van der Waals surface area contributed by atoms with Gasteiger partial charge in [0.1, 0.15) is 0 Å². The SMILES string of the molecule is Brc1ccc2ccc3c(Br)ccc4ccc1c2c43.Cc1ccc(C2(c3cccc(Cc4ccccc4)c3)c3ccccc3-c3ccccc32)cc1.Cc1ccc(C2(c3cccc(N(c4ccccc4)c4ccc5ccc6c(N(c7ccccc7)c7cccc(C8(c9ccc(C)cc9)c9ccccc9-c9ccccc98)c7)ccc7ccc4c5c76)c3)c3ccccc3-c3ccccc32)cc1. The molecule has 26 rings (SSSR count). The first-order valence-electron chi connectivity index (χ1n) is 46.1. The van der Waals surface area contributed by atoms with Crippen molar-refractivity contribution in [2.45, 2.75) is 43.4 Å². The molecule has 630 valence electrons. The number of para-hydroxylation sites is 2. The Bertz CT molecular complexity index is 7890. The monoisotopic (exact) mass is 1820 g/mol. The van der Waals surface area contributed by atoms with Crippen LogP contribution in [0.15, 0.2) is 488 Å². The van der Waals surface area contributed by atoms with Gasteiger partial charge in [0.15, 0.2) is 0 Å². The Morgan fingerprint density at radius 3 is 0.789 bits per heavy atom. The van der Waals surface area contributed by atoms with Gasteiger partial charge in [0.25, 0.3) is 0 Å². The molecule has 0 aromatic heterocycles. The zero-order chi connectivity index (χ0) is 89.0. The van der Waals surface area contributed by atoms with Crippen LogP contribution in [-0.2, 0) is 22.7 Å². The first kappa shape index (κ1) is 81.0. The number of nitrogens with zero attached hydrogens (tertiary/aromatic N) is 2. The lowest BCUT2D eigenvalue weighted by atomic mass is 9.67. The molecular formula is C129H90Br2N2. The summed E-state index contributed by atoms with van der Waals surface area (Å²) in [5.41, 5.74) is 35.0. The van der Waals surface area contributed by atoms with E-state index in [-0.39, 0.29) is 5.41 Å². The lowest BCUT2D eigenvalue weighted by molar-refractivity contribution is 0.766. The Balaban J connectivity index is 0.000000154. The van der Waals surface area contributed by atoms with Gasteiger partial charge in [-0.15, -0.1) is 0 Å². The number of benzene rings is 23. The highest BCUT2D eigenvalue weighted by Gasteiger charge is 2.50. The zero-order valence-electron chi connectivity index (χ0n) is 74.0. The zero-order valence-corrected chi connectivity index (χ0v) is 77.1. The molecule has 0 N–H and O–H groups in total. The molecule has 0 fully saturated rings. The Kier molecular flexibility index (Phi) is 20.1. The van der Waals surface area contributed by atoms with Crippen molar-refractivity contribution in [3.63, 3.8) is 0 Å². The van der Waals surface area contributed by atoms with Crippen molar-refractivity contribution in [1.82, 2.24) is 0 Å². The van der Waals surface area contributed by atoms with E-state index in [9.17, 15) is 0 Å². The first-order valence-corrected chi connectivity index (χ1v) is 47.7. The summed E-state index contributed by atoms with van der Waals surface area (Å²) in [5.74, 6) is 0. The summed E-state index contributed by atoms with van der Waals surface area (Å²) >= 11 is 7.30. The fraction of sp³-hybridized carbons (Fsp3) is 0.0543. The third-order valence-corrected chi connectivity index (χ3v) is 30.1. The maximum Gasteiger partial charge on any atom is 0.0714 e. The van der Waals surface area contributed by atoms with E-state index in [0.29, 0.717) is 0 Å². The van der Waals surface area contributed by atoms with Crippen molar-refractivity contribution in [3.8, 4) is 33.4 Å². The highest BCUT2D eigenvalue weighted by molar-refractivity contribution is 9.11. The van der Waals surface area contributed by atoms with Crippen LogP contribution >= 0.6 is 31.9 Å². The molecule has 0 saturated heterocycles. The van der Waals surface area contributed by atoms with Gasteiger partial charge < -0.3 is 9.80 Å². The summed E-state index contributed by atoms with van der Waals surface area (Å²) in [6, 6.07) is 178. The van der Waals surface area contributed by atoms with Gasteiger partial charge in [0, 0.05) is 42.5 Å². The second kappa shape index (κ2) is 33.0. The maximum atomic E-state index is 3.65. The Labute approximate surface area is 793 Å². The standard InChI is InChI=1S/C80H56N2.C33H26.C16H8Br2/c1-53-35-43-57(44-36-53)79(71-31-13-9-27-65(71)66-28-10-14-32-72(66)79)59-19-17-25-63(51-59)81(61-21-5-3-6-22-61)75-49-41-55-40-48-70-76(50-42-56-39-47-69(75)77(55)78(56)70)82(62-23-7-4-8-24-62)64-26-18-20-60(52-64)80(58-45-37-54(2)38-46-58)73-33-15-11-29-67(73)68-30-12-16-34-74(68)80;1-24-18-20-27(21-19-24)33(28-13-9-12-26(23-28)22-25-10-3-2-4-11-25)31-16-7-5-14-29(31)30-15-6-8-17-32(30)33;17-13-8-4-10-2-6-12-14(18)7-3-9-1-5-11(13)16(10)15(9)12/h3-52H,1-2H3;2-21,23H,22H2,1H3;1-8H. The van der Waals surface area contributed by atoms with E-state index in [2.05, 4.69) is 542 Å².